The highest BCUT2D eigenvalue weighted by atomic mass is 79.9. The van der Waals surface area contributed by atoms with E-state index in [0.29, 0.717) is 5.69 Å². The number of benzene rings is 1. The Labute approximate surface area is 120 Å². The third kappa shape index (κ3) is 4.24. The Bertz CT molecular complexity index is 491. The van der Waals surface area contributed by atoms with E-state index in [1.165, 1.54) is 4.90 Å². The highest BCUT2D eigenvalue weighted by Gasteiger charge is 2.17. The van der Waals surface area contributed by atoms with Crippen molar-refractivity contribution in [2.75, 3.05) is 18.9 Å². The standard InChI is InChI=1S/C13H17BrN2O3/c1-8(12(17)18)7-16(3)13(19)15-11-6-4-5-10(14)9(11)2/h4-6,8H,7H2,1-3H3,(H,15,19)(H,17,18). The monoisotopic (exact) mass is 328 g/mol. The lowest BCUT2D eigenvalue weighted by atomic mass is 10.2. The van der Waals surface area contributed by atoms with Crippen LogP contribution in [-0.4, -0.2) is 35.6 Å². The summed E-state index contributed by atoms with van der Waals surface area (Å²) in [6, 6.07) is 5.19. The van der Waals surface area contributed by atoms with Crippen LogP contribution in [0.25, 0.3) is 0 Å². The fraction of sp³-hybridized carbons (Fsp3) is 0.385. The number of halogens is 1. The van der Waals surface area contributed by atoms with E-state index in [1.807, 2.05) is 19.1 Å². The van der Waals surface area contributed by atoms with E-state index in [4.69, 9.17) is 5.11 Å². The Morgan fingerprint density at radius 3 is 2.68 bits per heavy atom. The van der Waals surface area contributed by atoms with Gasteiger partial charge in [-0.1, -0.05) is 28.9 Å². The summed E-state index contributed by atoms with van der Waals surface area (Å²) in [4.78, 5) is 24.1. The molecule has 0 bridgehead atoms. The van der Waals surface area contributed by atoms with Gasteiger partial charge in [-0.25, -0.2) is 4.79 Å². The molecule has 1 aromatic carbocycles. The molecule has 0 aliphatic carbocycles. The van der Waals surface area contributed by atoms with Crippen LogP contribution in [0.15, 0.2) is 22.7 Å². The van der Waals surface area contributed by atoms with Gasteiger partial charge < -0.3 is 15.3 Å². The van der Waals surface area contributed by atoms with E-state index in [0.717, 1.165) is 10.0 Å². The summed E-state index contributed by atoms with van der Waals surface area (Å²) in [5.74, 6) is -1.52. The molecule has 5 nitrogen and oxygen atoms in total. The van der Waals surface area contributed by atoms with Gasteiger partial charge in [0.2, 0.25) is 0 Å². The smallest absolute Gasteiger partial charge is 0.321 e. The number of rotatable bonds is 4. The predicted octanol–water partition coefficient (Wildman–Crippen LogP) is 2.94. The Hall–Kier alpha value is -1.56. The summed E-state index contributed by atoms with van der Waals surface area (Å²) in [6.07, 6.45) is 0. The number of hydrogen-bond donors (Lipinski definition) is 2. The maximum absolute atomic E-state index is 11.9. The molecular weight excluding hydrogens is 312 g/mol. The summed E-state index contributed by atoms with van der Waals surface area (Å²) in [5.41, 5.74) is 1.63. The van der Waals surface area contributed by atoms with Crippen molar-refractivity contribution in [2.24, 2.45) is 5.92 Å². The van der Waals surface area contributed by atoms with Gasteiger partial charge in [-0.05, 0) is 24.6 Å². The van der Waals surface area contributed by atoms with Crippen molar-refractivity contribution in [2.45, 2.75) is 13.8 Å². The number of nitrogens with zero attached hydrogens (tertiary/aromatic N) is 1. The Morgan fingerprint density at radius 2 is 2.11 bits per heavy atom. The molecule has 0 fully saturated rings. The Balaban J connectivity index is 2.69. The highest BCUT2D eigenvalue weighted by molar-refractivity contribution is 9.10. The summed E-state index contributed by atoms with van der Waals surface area (Å²) < 4.78 is 0.909. The van der Waals surface area contributed by atoms with Crippen LogP contribution >= 0.6 is 15.9 Å². The lowest BCUT2D eigenvalue weighted by Crippen LogP contribution is -2.36. The molecule has 0 saturated heterocycles. The highest BCUT2D eigenvalue weighted by Crippen LogP contribution is 2.23. The molecule has 1 atom stereocenters. The molecule has 104 valence electrons. The summed E-state index contributed by atoms with van der Waals surface area (Å²) in [7, 11) is 1.57. The number of nitrogens with one attached hydrogen (secondary N) is 1. The minimum absolute atomic E-state index is 0.161. The zero-order valence-corrected chi connectivity index (χ0v) is 12.7. The number of urea groups is 1. The second-order valence-corrected chi connectivity index (χ2v) is 5.32. The van der Waals surface area contributed by atoms with Gasteiger partial charge in [0.05, 0.1) is 5.92 Å². The maximum Gasteiger partial charge on any atom is 0.321 e. The molecule has 0 aromatic heterocycles. The first kappa shape index (κ1) is 15.5. The van der Waals surface area contributed by atoms with Gasteiger partial charge in [0.1, 0.15) is 0 Å². The molecule has 19 heavy (non-hydrogen) atoms. The van der Waals surface area contributed by atoms with Crippen LogP contribution in [0.3, 0.4) is 0 Å². The van der Waals surface area contributed by atoms with E-state index in [-0.39, 0.29) is 12.6 Å². The minimum Gasteiger partial charge on any atom is -0.481 e. The van der Waals surface area contributed by atoms with Crippen LogP contribution in [0.2, 0.25) is 0 Å². The summed E-state index contributed by atoms with van der Waals surface area (Å²) in [6.45, 7) is 3.62. The molecule has 0 aliphatic heterocycles. The zero-order chi connectivity index (χ0) is 14.6. The number of anilines is 1. The van der Waals surface area contributed by atoms with Crippen LogP contribution in [0.4, 0.5) is 10.5 Å². The normalized spacial score (nSPS) is 11.8. The minimum atomic E-state index is -0.918. The van der Waals surface area contributed by atoms with Crippen molar-refractivity contribution >= 4 is 33.6 Å². The second kappa shape index (κ2) is 6.56. The Kier molecular flexibility index (Phi) is 5.35. The summed E-state index contributed by atoms with van der Waals surface area (Å²) in [5, 5.41) is 11.6. The number of carboxylic acid groups (broad SMARTS) is 1. The average Bonchev–Trinajstić information content (AvgIpc) is 2.34. The first-order valence-electron chi connectivity index (χ1n) is 5.83. The summed E-state index contributed by atoms with van der Waals surface area (Å²) >= 11 is 3.39. The number of carbonyl (C=O) groups is 2. The van der Waals surface area contributed by atoms with Gasteiger partial charge in [0.15, 0.2) is 0 Å². The van der Waals surface area contributed by atoms with Gasteiger partial charge in [0.25, 0.3) is 0 Å². The van der Waals surface area contributed by atoms with E-state index in [9.17, 15) is 9.59 Å². The van der Waals surface area contributed by atoms with Gasteiger partial charge >= 0.3 is 12.0 Å². The molecule has 6 heteroatoms. The molecule has 0 aliphatic rings. The van der Waals surface area contributed by atoms with E-state index >= 15 is 0 Å². The van der Waals surface area contributed by atoms with Crippen molar-refractivity contribution in [1.82, 2.24) is 4.90 Å². The predicted molar refractivity (Wildman–Crippen MR) is 77.3 cm³/mol. The number of carbonyl (C=O) groups excluding carboxylic acids is 1. The fourth-order valence-corrected chi connectivity index (χ4v) is 1.89. The van der Waals surface area contributed by atoms with Gasteiger partial charge in [-0.2, -0.15) is 0 Å². The lowest BCUT2D eigenvalue weighted by molar-refractivity contribution is -0.141. The lowest BCUT2D eigenvalue weighted by Gasteiger charge is -2.20. The fourth-order valence-electron chi connectivity index (χ4n) is 1.53. The zero-order valence-electron chi connectivity index (χ0n) is 11.1. The topological polar surface area (TPSA) is 69.6 Å². The number of aliphatic carboxylic acids is 1. The third-order valence-corrected chi connectivity index (χ3v) is 3.68. The van der Waals surface area contributed by atoms with Crippen molar-refractivity contribution in [1.29, 1.82) is 0 Å². The van der Waals surface area contributed by atoms with Gasteiger partial charge in [-0.15, -0.1) is 0 Å². The van der Waals surface area contributed by atoms with Crippen LogP contribution in [0.1, 0.15) is 12.5 Å². The van der Waals surface area contributed by atoms with Crippen LogP contribution in [0, 0.1) is 12.8 Å². The molecule has 2 amide bonds. The van der Waals surface area contributed by atoms with E-state index in [2.05, 4.69) is 21.2 Å². The second-order valence-electron chi connectivity index (χ2n) is 4.46. The average molecular weight is 329 g/mol. The van der Waals surface area contributed by atoms with Gasteiger partial charge in [0, 0.05) is 23.8 Å². The molecule has 1 aromatic rings. The first-order chi connectivity index (χ1) is 8.82. The number of amides is 2. The van der Waals surface area contributed by atoms with Gasteiger partial charge in [-0.3, -0.25) is 4.79 Å². The third-order valence-electron chi connectivity index (χ3n) is 2.83. The van der Waals surface area contributed by atoms with E-state index in [1.54, 1.807) is 20.0 Å². The van der Waals surface area contributed by atoms with Crippen molar-refractivity contribution in [3.8, 4) is 0 Å². The molecule has 0 heterocycles. The molecule has 0 spiro atoms. The van der Waals surface area contributed by atoms with Crippen LogP contribution in [-0.2, 0) is 4.79 Å². The maximum atomic E-state index is 11.9. The van der Waals surface area contributed by atoms with E-state index < -0.39 is 11.9 Å². The first-order valence-corrected chi connectivity index (χ1v) is 6.62. The van der Waals surface area contributed by atoms with Crippen molar-refractivity contribution in [3.63, 3.8) is 0 Å². The Morgan fingerprint density at radius 1 is 1.47 bits per heavy atom. The SMILES string of the molecule is Cc1c(Br)cccc1NC(=O)N(C)CC(C)C(=O)O. The largest absolute Gasteiger partial charge is 0.481 e. The quantitative estimate of drug-likeness (QED) is 0.892. The molecular formula is C13H17BrN2O3. The molecule has 1 unspecified atom stereocenters. The van der Waals surface area contributed by atoms with Crippen LogP contribution in [0.5, 0.6) is 0 Å². The number of hydrogen-bond acceptors (Lipinski definition) is 2. The molecule has 1 rings (SSSR count). The molecule has 0 saturated carbocycles. The molecule has 0 radical (unpaired) electrons. The van der Waals surface area contributed by atoms with Crippen molar-refractivity contribution < 1.29 is 14.7 Å². The molecule has 2 N–H and O–H groups in total. The van der Waals surface area contributed by atoms with Crippen molar-refractivity contribution in [3.05, 3.63) is 28.2 Å². The van der Waals surface area contributed by atoms with Crippen LogP contribution < -0.4 is 5.32 Å². The number of carboxylic acids is 1.